The molecule has 0 spiro atoms. The number of hydrogen-bond acceptors (Lipinski definition) is 3. The number of likely N-dealkylation sites (tertiary alicyclic amines) is 1. The van der Waals surface area contributed by atoms with Crippen LogP contribution in [0.25, 0.3) is 0 Å². The third-order valence-electron chi connectivity index (χ3n) is 5.05. The Labute approximate surface area is 152 Å². The van der Waals surface area contributed by atoms with Crippen LogP contribution < -0.4 is 11.1 Å². The van der Waals surface area contributed by atoms with E-state index < -0.39 is 6.04 Å². The van der Waals surface area contributed by atoms with Crippen molar-refractivity contribution in [2.45, 2.75) is 58.2 Å². The molecule has 2 rings (SSSR count). The normalized spacial score (nSPS) is 20.7. The average molecular weight is 354 g/mol. The van der Waals surface area contributed by atoms with E-state index in [1.807, 2.05) is 13.0 Å². The van der Waals surface area contributed by atoms with Gasteiger partial charge in [-0.25, -0.2) is 0 Å². The standard InChI is InChI=1S/C19H31N3O.ClH/c1-3-15(2)18(20)19(23)21-13-17-11-7-8-12-22(17)14-16-9-5-4-6-10-16;/h4-6,9-10,15,17-18H,3,7-8,11-14,20H2,1-2H3,(H,21,23);1H. The number of nitrogens with one attached hydrogen (secondary N) is 1. The van der Waals surface area contributed by atoms with Crippen molar-refractivity contribution in [2.75, 3.05) is 13.1 Å². The second-order valence-electron chi connectivity index (χ2n) is 6.76. The zero-order valence-electron chi connectivity index (χ0n) is 14.9. The van der Waals surface area contributed by atoms with E-state index in [-0.39, 0.29) is 24.2 Å². The summed E-state index contributed by atoms with van der Waals surface area (Å²) in [4.78, 5) is 14.7. The largest absolute Gasteiger partial charge is 0.353 e. The Bertz CT molecular complexity index is 483. The first-order valence-electron chi connectivity index (χ1n) is 8.93. The molecule has 1 aliphatic rings. The molecule has 5 heteroatoms. The molecule has 4 nitrogen and oxygen atoms in total. The summed E-state index contributed by atoms with van der Waals surface area (Å²) in [5.74, 6) is 0.214. The van der Waals surface area contributed by atoms with Crippen LogP contribution in [0.4, 0.5) is 0 Å². The number of nitrogens with zero attached hydrogens (tertiary/aromatic N) is 1. The van der Waals surface area contributed by atoms with Crippen LogP contribution in [0.5, 0.6) is 0 Å². The third kappa shape index (κ3) is 6.08. The lowest BCUT2D eigenvalue weighted by Gasteiger charge is -2.36. The molecule has 24 heavy (non-hydrogen) atoms. The molecule has 3 N–H and O–H groups in total. The van der Waals surface area contributed by atoms with Gasteiger partial charge in [-0.2, -0.15) is 0 Å². The fourth-order valence-corrected chi connectivity index (χ4v) is 3.17. The summed E-state index contributed by atoms with van der Waals surface area (Å²) in [6.45, 7) is 6.87. The minimum Gasteiger partial charge on any atom is -0.353 e. The minimum atomic E-state index is -0.397. The second-order valence-corrected chi connectivity index (χ2v) is 6.76. The maximum absolute atomic E-state index is 12.2. The molecule has 0 aromatic heterocycles. The molecule has 1 amide bonds. The van der Waals surface area contributed by atoms with Crippen molar-refractivity contribution in [3.8, 4) is 0 Å². The van der Waals surface area contributed by atoms with Gasteiger partial charge in [0.2, 0.25) is 5.91 Å². The van der Waals surface area contributed by atoms with Crippen molar-refractivity contribution in [3.63, 3.8) is 0 Å². The second kappa shape index (κ2) is 10.7. The van der Waals surface area contributed by atoms with Crippen molar-refractivity contribution in [1.29, 1.82) is 0 Å². The van der Waals surface area contributed by atoms with Gasteiger partial charge < -0.3 is 11.1 Å². The Morgan fingerprint density at radius 3 is 2.71 bits per heavy atom. The van der Waals surface area contributed by atoms with Gasteiger partial charge in [0, 0.05) is 19.1 Å². The van der Waals surface area contributed by atoms with Gasteiger partial charge in [0.25, 0.3) is 0 Å². The molecule has 1 aromatic carbocycles. The molecule has 3 atom stereocenters. The highest BCUT2D eigenvalue weighted by atomic mass is 35.5. The van der Waals surface area contributed by atoms with Crippen molar-refractivity contribution < 1.29 is 4.79 Å². The van der Waals surface area contributed by atoms with Gasteiger partial charge in [0.05, 0.1) is 6.04 Å². The predicted molar refractivity (Wildman–Crippen MR) is 102 cm³/mol. The summed E-state index contributed by atoms with van der Waals surface area (Å²) >= 11 is 0. The van der Waals surface area contributed by atoms with Crippen LogP contribution in [-0.2, 0) is 11.3 Å². The van der Waals surface area contributed by atoms with Crippen molar-refractivity contribution >= 4 is 18.3 Å². The third-order valence-corrected chi connectivity index (χ3v) is 5.05. The fourth-order valence-electron chi connectivity index (χ4n) is 3.17. The Morgan fingerprint density at radius 1 is 1.33 bits per heavy atom. The Morgan fingerprint density at radius 2 is 2.04 bits per heavy atom. The van der Waals surface area contributed by atoms with Gasteiger partial charge in [-0.15, -0.1) is 12.4 Å². The maximum Gasteiger partial charge on any atom is 0.237 e. The topological polar surface area (TPSA) is 58.4 Å². The zero-order valence-corrected chi connectivity index (χ0v) is 15.7. The molecule has 3 unspecified atom stereocenters. The van der Waals surface area contributed by atoms with Crippen LogP contribution >= 0.6 is 12.4 Å². The van der Waals surface area contributed by atoms with Crippen LogP contribution in [0.15, 0.2) is 30.3 Å². The van der Waals surface area contributed by atoms with Crippen LogP contribution in [0.2, 0.25) is 0 Å². The van der Waals surface area contributed by atoms with Gasteiger partial charge in [-0.05, 0) is 30.9 Å². The van der Waals surface area contributed by atoms with E-state index in [1.54, 1.807) is 0 Å². The summed E-state index contributed by atoms with van der Waals surface area (Å²) in [6.07, 6.45) is 4.55. The Hall–Kier alpha value is -1.10. The SMILES string of the molecule is CCC(C)C(N)C(=O)NCC1CCCCN1Cc1ccccc1.Cl. The molecule has 1 heterocycles. The Balaban J connectivity index is 0.00000288. The Kier molecular flexibility index (Phi) is 9.34. The lowest BCUT2D eigenvalue weighted by atomic mass is 9.98. The summed E-state index contributed by atoms with van der Waals surface area (Å²) in [6, 6.07) is 10.6. The van der Waals surface area contributed by atoms with Crippen LogP contribution in [0, 0.1) is 5.92 Å². The number of carbonyl (C=O) groups excluding carboxylic acids is 1. The predicted octanol–water partition coefficient (Wildman–Crippen LogP) is 2.95. The number of benzene rings is 1. The van der Waals surface area contributed by atoms with E-state index in [2.05, 4.69) is 41.4 Å². The number of halogens is 1. The van der Waals surface area contributed by atoms with Gasteiger partial charge in [0.1, 0.15) is 0 Å². The lowest BCUT2D eigenvalue weighted by molar-refractivity contribution is -0.123. The molecule has 0 bridgehead atoms. The van der Waals surface area contributed by atoms with E-state index >= 15 is 0 Å². The number of nitrogens with two attached hydrogens (primary N) is 1. The number of piperidine rings is 1. The highest BCUT2D eigenvalue weighted by molar-refractivity contribution is 5.85. The van der Waals surface area contributed by atoms with E-state index in [9.17, 15) is 4.79 Å². The smallest absolute Gasteiger partial charge is 0.237 e. The number of amides is 1. The molecule has 1 aromatic rings. The van der Waals surface area contributed by atoms with Gasteiger partial charge in [0.15, 0.2) is 0 Å². The number of carbonyl (C=O) groups is 1. The molecular weight excluding hydrogens is 322 g/mol. The summed E-state index contributed by atoms with van der Waals surface area (Å²) in [5, 5.41) is 3.08. The monoisotopic (exact) mass is 353 g/mol. The zero-order chi connectivity index (χ0) is 16.7. The molecule has 0 radical (unpaired) electrons. The minimum absolute atomic E-state index is 0. The summed E-state index contributed by atoms with van der Waals surface area (Å²) < 4.78 is 0. The van der Waals surface area contributed by atoms with Crippen LogP contribution in [0.3, 0.4) is 0 Å². The van der Waals surface area contributed by atoms with E-state index in [0.29, 0.717) is 12.6 Å². The van der Waals surface area contributed by atoms with Gasteiger partial charge in [-0.3, -0.25) is 9.69 Å². The van der Waals surface area contributed by atoms with Crippen molar-refractivity contribution in [2.24, 2.45) is 11.7 Å². The molecule has 1 fully saturated rings. The van der Waals surface area contributed by atoms with Crippen molar-refractivity contribution in [1.82, 2.24) is 10.2 Å². The molecule has 136 valence electrons. The maximum atomic E-state index is 12.2. The summed E-state index contributed by atoms with van der Waals surface area (Å²) in [5.41, 5.74) is 7.35. The number of hydrogen-bond donors (Lipinski definition) is 2. The van der Waals surface area contributed by atoms with Crippen LogP contribution in [-0.4, -0.2) is 36.0 Å². The molecular formula is C19H32ClN3O. The molecule has 1 aliphatic heterocycles. The average Bonchev–Trinajstić information content (AvgIpc) is 2.60. The highest BCUT2D eigenvalue weighted by Gasteiger charge is 2.25. The molecule has 1 saturated heterocycles. The number of rotatable bonds is 7. The molecule has 0 aliphatic carbocycles. The first-order chi connectivity index (χ1) is 11.1. The van der Waals surface area contributed by atoms with E-state index in [4.69, 9.17) is 5.73 Å². The first-order valence-corrected chi connectivity index (χ1v) is 8.93. The highest BCUT2D eigenvalue weighted by Crippen LogP contribution is 2.19. The van der Waals surface area contributed by atoms with Gasteiger partial charge >= 0.3 is 0 Å². The van der Waals surface area contributed by atoms with Crippen molar-refractivity contribution in [3.05, 3.63) is 35.9 Å². The lowest BCUT2D eigenvalue weighted by Crippen LogP contribution is -2.50. The van der Waals surface area contributed by atoms with Crippen LogP contribution in [0.1, 0.15) is 45.1 Å². The quantitative estimate of drug-likeness (QED) is 0.792. The molecule has 0 saturated carbocycles. The van der Waals surface area contributed by atoms with E-state index in [1.165, 1.54) is 18.4 Å². The van der Waals surface area contributed by atoms with Gasteiger partial charge in [-0.1, -0.05) is 57.0 Å². The van der Waals surface area contributed by atoms with E-state index in [0.717, 1.165) is 25.9 Å². The fraction of sp³-hybridized carbons (Fsp3) is 0.632. The first kappa shape index (κ1) is 20.9. The summed E-state index contributed by atoms with van der Waals surface area (Å²) in [7, 11) is 0.